The fourth-order valence-corrected chi connectivity index (χ4v) is 1.64. The van der Waals surface area contributed by atoms with E-state index in [-0.39, 0.29) is 0 Å². The van der Waals surface area contributed by atoms with Gasteiger partial charge in [0, 0.05) is 26.3 Å². The summed E-state index contributed by atoms with van der Waals surface area (Å²) in [6.07, 6.45) is 3.61. The lowest BCUT2D eigenvalue weighted by molar-refractivity contribution is 0.738. The second kappa shape index (κ2) is 4.94. The maximum absolute atomic E-state index is 4.33. The van der Waals surface area contributed by atoms with Gasteiger partial charge in [0.25, 0.3) is 0 Å². The highest BCUT2D eigenvalue weighted by molar-refractivity contribution is 5.85. The van der Waals surface area contributed by atoms with Gasteiger partial charge < -0.3 is 15.2 Å². The number of anilines is 1. The maximum atomic E-state index is 4.33. The van der Waals surface area contributed by atoms with Crippen LogP contribution in [-0.4, -0.2) is 34.2 Å². The standard InChI is InChI=1S/C11H17N5/c1-3-12-6-7-14-11-10-9(4-5-13-11)16(2)8-15-10/h4-5,8,12H,3,6-7H2,1-2H3,(H,13,14). The van der Waals surface area contributed by atoms with Crippen LogP contribution in [0.4, 0.5) is 5.82 Å². The van der Waals surface area contributed by atoms with E-state index < -0.39 is 0 Å². The first-order valence-electron chi connectivity index (χ1n) is 5.53. The lowest BCUT2D eigenvalue weighted by Gasteiger charge is -2.06. The Morgan fingerprint density at radius 2 is 2.19 bits per heavy atom. The lowest BCUT2D eigenvalue weighted by Crippen LogP contribution is -2.21. The van der Waals surface area contributed by atoms with Gasteiger partial charge in [0.1, 0.15) is 5.52 Å². The third-order valence-corrected chi connectivity index (χ3v) is 2.49. The Bertz CT molecular complexity index is 462. The number of aryl methyl sites for hydroxylation is 1. The molecule has 2 aromatic rings. The summed E-state index contributed by atoms with van der Waals surface area (Å²) in [5.74, 6) is 0.857. The first-order chi connectivity index (χ1) is 7.83. The molecule has 0 amide bonds. The molecule has 0 atom stereocenters. The maximum Gasteiger partial charge on any atom is 0.154 e. The minimum atomic E-state index is 0.857. The van der Waals surface area contributed by atoms with Gasteiger partial charge in [0.2, 0.25) is 0 Å². The number of nitrogens with one attached hydrogen (secondary N) is 2. The highest BCUT2D eigenvalue weighted by Gasteiger charge is 2.05. The molecule has 5 heteroatoms. The van der Waals surface area contributed by atoms with E-state index in [9.17, 15) is 0 Å². The Balaban J connectivity index is 2.11. The largest absolute Gasteiger partial charge is 0.367 e. The number of aromatic nitrogens is 3. The third kappa shape index (κ3) is 2.14. The van der Waals surface area contributed by atoms with Gasteiger partial charge in [-0.1, -0.05) is 6.92 Å². The van der Waals surface area contributed by atoms with Gasteiger partial charge in [-0.25, -0.2) is 9.97 Å². The number of fused-ring (bicyclic) bond motifs is 1. The summed E-state index contributed by atoms with van der Waals surface area (Å²) in [6.45, 7) is 4.87. The van der Waals surface area contributed by atoms with Crippen LogP contribution in [0.2, 0.25) is 0 Å². The monoisotopic (exact) mass is 219 g/mol. The van der Waals surface area contributed by atoms with Crippen LogP contribution in [0, 0.1) is 0 Å². The molecule has 0 unspecified atom stereocenters. The molecule has 2 heterocycles. The molecular formula is C11H17N5. The van der Waals surface area contributed by atoms with E-state index in [4.69, 9.17) is 0 Å². The Hall–Kier alpha value is -1.62. The summed E-state index contributed by atoms with van der Waals surface area (Å²) in [4.78, 5) is 8.64. The molecule has 0 aliphatic carbocycles. The summed E-state index contributed by atoms with van der Waals surface area (Å²) >= 11 is 0. The van der Waals surface area contributed by atoms with Crippen molar-refractivity contribution in [2.75, 3.05) is 25.0 Å². The van der Waals surface area contributed by atoms with E-state index in [2.05, 4.69) is 27.5 Å². The zero-order valence-corrected chi connectivity index (χ0v) is 9.70. The molecule has 2 N–H and O–H groups in total. The van der Waals surface area contributed by atoms with Crippen molar-refractivity contribution in [1.82, 2.24) is 19.9 Å². The molecule has 86 valence electrons. The van der Waals surface area contributed by atoms with Gasteiger partial charge in [-0.05, 0) is 12.6 Å². The molecular weight excluding hydrogens is 202 g/mol. The van der Waals surface area contributed by atoms with Crippen LogP contribution in [0.1, 0.15) is 6.92 Å². The zero-order chi connectivity index (χ0) is 11.4. The Kier molecular flexibility index (Phi) is 3.36. The van der Waals surface area contributed by atoms with Gasteiger partial charge in [0.15, 0.2) is 5.82 Å². The van der Waals surface area contributed by atoms with Crippen molar-refractivity contribution < 1.29 is 0 Å². The average Bonchev–Trinajstić information content (AvgIpc) is 2.68. The Labute approximate surface area is 94.9 Å². The third-order valence-electron chi connectivity index (χ3n) is 2.49. The number of likely N-dealkylation sites (N-methyl/N-ethyl adjacent to an activating group) is 1. The smallest absolute Gasteiger partial charge is 0.154 e. The van der Waals surface area contributed by atoms with E-state index in [1.54, 1.807) is 6.20 Å². The van der Waals surface area contributed by atoms with E-state index in [1.807, 2.05) is 24.0 Å². The molecule has 0 aliphatic heterocycles. The molecule has 2 aromatic heterocycles. The van der Waals surface area contributed by atoms with E-state index in [0.29, 0.717) is 0 Å². The van der Waals surface area contributed by atoms with E-state index in [1.165, 1.54) is 0 Å². The minimum absolute atomic E-state index is 0.857. The van der Waals surface area contributed by atoms with E-state index >= 15 is 0 Å². The fourth-order valence-electron chi connectivity index (χ4n) is 1.64. The predicted octanol–water partition coefficient (Wildman–Crippen LogP) is 0.990. The van der Waals surface area contributed by atoms with Crippen LogP contribution in [0.5, 0.6) is 0 Å². The van der Waals surface area contributed by atoms with Crippen molar-refractivity contribution in [3.63, 3.8) is 0 Å². The normalized spacial score (nSPS) is 10.9. The first kappa shape index (κ1) is 10.9. The minimum Gasteiger partial charge on any atom is -0.367 e. The zero-order valence-electron chi connectivity index (χ0n) is 9.70. The van der Waals surface area contributed by atoms with Crippen molar-refractivity contribution in [3.8, 4) is 0 Å². The van der Waals surface area contributed by atoms with Gasteiger partial charge >= 0.3 is 0 Å². The molecule has 0 spiro atoms. The van der Waals surface area contributed by atoms with Crippen molar-refractivity contribution >= 4 is 16.9 Å². The van der Waals surface area contributed by atoms with Crippen LogP contribution in [0.15, 0.2) is 18.6 Å². The molecule has 0 aromatic carbocycles. The van der Waals surface area contributed by atoms with Gasteiger partial charge in [0.05, 0.1) is 11.8 Å². The lowest BCUT2D eigenvalue weighted by atomic mass is 10.3. The molecule has 0 saturated carbocycles. The highest BCUT2D eigenvalue weighted by atomic mass is 15.1. The van der Waals surface area contributed by atoms with Crippen LogP contribution in [0.3, 0.4) is 0 Å². The van der Waals surface area contributed by atoms with Crippen molar-refractivity contribution in [2.45, 2.75) is 6.92 Å². The van der Waals surface area contributed by atoms with Crippen LogP contribution < -0.4 is 10.6 Å². The van der Waals surface area contributed by atoms with Gasteiger partial charge in [-0.2, -0.15) is 0 Å². The van der Waals surface area contributed by atoms with Crippen LogP contribution in [0.25, 0.3) is 11.0 Å². The van der Waals surface area contributed by atoms with Crippen LogP contribution >= 0.6 is 0 Å². The summed E-state index contributed by atoms with van der Waals surface area (Å²) in [5.41, 5.74) is 2.03. The SMILES string of the molecule is CCNCCNc1nccc2c1ncn2C. The first-order valence-corrected chi connectivity index (χ1v) is 5.53. The van der Waals surface area contributed by atoms with Crippen molar-refractivity contribution in [3.05, 3.63) is 18.6 Å². The quantitative estimate of drug-likeness (QED) is 0.736. The second-order valence-electron chi connectivity index (χ2n) is 3.66. The number of nitrogens with zero attached hydrogens (tertiary/aromatic N) is 3. The van der Waals surface area contributed by atoms with Crippen molar-refractivity contribution in [1.29, 1.82) is 0 Å². The molecule has 0 fully saturated rings. The highest BCUT2D eigenvalue weighted by Crippen LogP contribution is 2.17. The number of pyridine rings is 1. The summed E-state index contributed by atoms with van der Waals surface area (Å²) in [7, 11) is 1.98. The topological polar surface area (TPSA) is 54.8 Å². The van der Waals surface area contributed by atoms with E-state index in [0.717, 1.165) is 36.5 Å². The number of hydrogen-bond acceptors (Lipinski definition) is 4. The van der Waals surface area contributed by atoms with Crippen molar-refractivity contribution in [2.24, 2.45) is 7.05 Å². The number of hydrogen-bond donors (Lipinski definition) is 2. The predicted molar refractivity (Wildman–Crippen MR) is 65.5 cm³/mol. The Morgan fingerprint density at radius 1 is 1.31 bits per heavy atom. The van der Waals surface area contributed by atoms with Gasteiger partial charge in [-0.3, -0.25) is 0 Å². The Morgan fingerprint density at radius 3 is 3.00 bits per heavy atom. The number of rotatable bonds is 5. The fraction of sp³-hybridized carbons (Fsp3) is 0.455. The molecule has 0 radical (unpaired) electrons. The molecule has 16 heavy (non-hydrogen) atoms. The number of imidazole rings is 1. The molecule has 0 bridgehead atoms. The summed E-state index contributed by atoms with van der Waals surface area (Å²) < 4.78 is 1.99. The molecule has 0 aliphatic rings. The molecule has 5 nitrogen and oxygen atoms in total. The van der Waals surface area contributed by atoms with Crippen LogP contribution in [-0.2, 0) is 7.05 Å². The molecule has 2 rings (SSSR count). The molecule has 0 saturated heterocycles. The van der Waals surface area contributed by atoms with Gasteiger partial charge in [-0.15, -0.1) is 0 Å². The second-order valence-corrected chi connectivity index (χ2v) is 3.66. The average molecular weight is 219 g/mol. The summed E-state index contributed by atoms with van der Waals surface area (Å²) in [5, 5.41) is 6.54. The summed E-state index contributed by atoms with van der Waals surface area (Å²) in [6, 6.07) is 1.97.